The number of thiazole rings is 1. The molecule has 3 nitrogen and oxygen atoms in total. The first-order valence-corrected chi connectivity index (χ1v) is 7.39. The Labute approximate surface area is 108 Å². The summed E-state index contributed by atoms with van der Waals surface area (Å²) in [5.41, 5.74) is 7.15. The number of likely N-dealkylation sites (tertiary alicyclic amines) is 1. The highest BCUT2D eigenvalue weighted by atomic mass is 32.1. The molecule has 1 aliphatic heterocycles. The van der Waals surface area contributed by atoms with Crippen LogP contribution in [0.25, 0.3) is 0 Å². The zero-order valence-electron chi connectivity index (χ0n) is 11.0. The molecule has 96 valence electrons. The van der Waals surface area contributed by atoms with Crippen LogP contribution >= 0.6 is 11.3 Å². The molecule has 0 bridgehead atoms. The predicted molar refractivity (Wildman–Crippen MR) is 73.2 cm³/mol. The minimum absolute atomic E-state index is 0.399. The molecule has 0 aliphatic carbocycles. The number of aryl methyl sites for hydroxylation is 1. The first kappa shape index (κ1) is 13.0. The van der Waals surface area contributed by atoms with E-state index in [0.29, 0.717) is 18.0 Å². The van der Waals surface area contributed by atoms with Crippen molar-refractivity contribution in [1.29, 1.82) is 0 Å². The van der Waals surface area contributed by atoms with Gasteiger partial charge in [0.2, 0.25) is 0 Å². The van der Waals surface area contributed by atoms with E-state index in [2.05, 4.69) is 36.0 Å². The molecule has 1 saturated heterocycles. The van der Waals surface area contributed by atoms with Gasteiger partial charge in [-0.1, -0.05) is 6.92 Å². The molecule has 0 saturated carbocycles. The lowest BCUT2D eigenvalue weighted by atomic mass is 9.89. The minimum atomic E-state index is 0.399. The number of hydrogen-bond donors (Lipinski definition) is 1. The SMILES string of the molecule is Cc1nc(C(C)N2CCCC(C)C2CN)cs1. The molecule has 2 N–H and O–H groups in total. The Morgan fingerprint density at radius 1 is 1.65 bits per heavy atom. The van der Waals surface area contributed by atoms with Crippen molar-refractivity contribution in [3.05, 3.63) is 16.1 Å². The van der Waals surface area contributed by atoms with Gasteiger partial charge in [0.15, 0.2) is 0 Å². The number of aromatic nitrogens is 1. The summed E-state index contributed by atoms with van der Waals surface area (Å²) in [6.07, 6.45) is 2.59. The van der Waals surface area contributed by atoms with Crippen molar-refractivity contribution in [2.45, 2.75) is 45.7 Å². The molecule has 0 spiro atoms. The molecular formula is C13H23N3S. The van der Waals surface area contributed by atoms with Crippen LogP contribution in [0.1, 0.15) is 43.4 Å². The van der Waals surface area contributed by atoms with Gasteiger partial charge < -0.3 is 5.73 Å². The van der Waals surface area contributed by atoms with Crippen molar-refractivity contribution < 1.29 is 0 Å². The van der Waals surface area contributed by atoms with Gasteiger partial charge in [0.1, 0.15) is 0 Å². The molecule has 2 heterocycles. The van der Waals surface area contributed by atoms with E-state index in [0.717, 1.165) is 18.1 Å². The van der Waals surface area contributed by atoms with Gasteiger partial charge in [-0.3, -0.25) is 4.90 Å². The van der Waals surface area contributed by atoms with E-state index in [1.165, 1.54) is 18.5 Å². The van der Waals surface area contributed by atoms with Gasteiger partial charge in [-0.25, -0.2) is 4.98 Å². The van der Waals surface area contributed by atoms with Gasteiger partial charge in [-0.2, -0.15) is 0 Å². The maximum absolute atomic E-state index is 5.95. The normalized spacial score (nSPS) is 28.2. The highest BCUT2D eigenvalue weighted by Gasteiger charge is 2.31. The van der Waals surface area contributed by atoms with Crippen molar-refractivity contribution in [3.8, 4) is 0 Å². The van der Waals surface area contributed by atoms with Gasteiger partial charge in [-0.15, -0.1) is 11.3 Å². The zero-order chi connectivity index (χ0) is 12.4. The fraction of sp³-hybridized carbons (Fsp3) is 0.769. The molecule has 4 heteroatoms. The number of nitrogens with zero attached hydrogens (tertiary/aromatic N) is 2. The molecule has 17 heavy (non-hydrogen) atoms. The van der Waals surface area contributed by atoms with Crippen LogP contribution in [-0.2, 0) is 0 Å². The molecule has 1 fully saturated rings. The minimum Gasteiger partial charge on any atom is -0.329 e. The van der Waals surface area contributed by atoms with Gasteiger partial charge in [0.25, 0.3) is 0 Å². The number of piperidine rings is 1. The third kappa shape index (κ3) is 2.69. The second-order valence-corrected chi connectivity index (χ2v) is 6.19. The molecule has 1 aliphatic rings. The van der Waals surface area contributed by atoms with Crippen LogP contribution in [0.5, 0.6) is 0 Å². The lowest BCUT2D eigenvalue weighted by molar-refractivity contribution is 0.0675. The zero-order valence-corrected chi connectivity index (χ0v) is 11.8. The Hall–Kier alpha value is -0.450. The summed E-state index contributed by atoms with van der Waals surface area (Å²) in [6.45, 7) is 8.57. The molecular weight excluding hydrogens is 230 g/mol. The quantitative estimate of drug-likeness (QED) is 0.900. The van der Waals surface area contributed by atoms with E-state index >= 15 is 0 Å². The predicted octanol–water partition coefficient (Wildman–Crippen LogP) is 2.57. The van der Waals surface area contributed by atoms with E-state index in [1.54, 1.807) is 11.3 Å². The average molecular weight is 253 g/mol. The largest absolute Gasteiger partial charge is 0.329 e. The molecule has 0 aromatic carbocycles. The van der Waals surface area contributed by atoms with Gasteiger partial charge >= 0.3 is 0 Å². The monoisotopic (exact) mass is 253 g/mol. The lowest BCUT2D eigenvalue weighted by Crippen LogP contribution is -2.49. The van der Waals surface area contributed by atoms with E-state index in [1.807, 2.05) is 0 Å². The van der Waals surface area contributed by atoms with Crippen LogP contribution in [0.15, 0.2) is 5.38 Å². The number of rotatable bonds is 3. The summed E-state index contributed by atoms with van der Waals surface area (Å²) in [5, 5.41) is 3.34. The van der Waals surface area contributed by atoms with Crippen molar-refractivity contribution in [2.75, 3.05) is 13.1 Å². The molecule has 2 rings (SSSR count). The highest BCUT2D eigenvalue weighted by Crippen LogP contribution is 2.31. The third-order valence-electron chi connectivity index (χ3n) is 3.96. The first-order valence-electron chi connectivity index (χ1n) is 6.51. The van der Waals surface area contributed by atoms with Crippen LogP contribution in [0.4, 0.5) is 0 Å². The molecule has 1 aromatic heterocycles. The van der Waals surface area contributed by atoms with Crippen LogP contribution in [0, 0.1) is 12.8 Å². The smallest absolute Gasteiger partial charge is 0.0898 e. The maximum atomic E-state index is 5.95. The van der Waals surface area contributed by atoms with E-state index in [-0.39, 0.29) is 0 Å². The molecule has 0 radical (unpaired) electrons. The molecule has 3 atom stereocenters. The second kappa shape index (κ2) is 5.46. The van der Waals surface area contributed by atoms with Gasteiger partial charge in [-0.05, 0) is 39.2 Å². The second-order valence-electron chi connectivity index (χ2n) is 5.13. The highest BCUT2D eigenvalue weighted by molar-refractivity contribution is 7.09. The Balaban J connectivity index is 2.14. The summed E-state index contributed by atoms with van der Waals surface area (Å²) in [5.74, 6) is 0.705. The van der Waals surface area contributed by atoms with Gasteiger partial charge in [0.05, 0.1) is 16.7 Å². The summed E-state index contributed by atoms with van der Waals surface area (Å²) in [7, 11) is 0. The third-order valence-corrected chi connectivity index (χ3v) is 4.75. The molecule has 0 amide bonds. The Morgan fingerprint density at radius 3 is 3.00 bits per heavy atom. The average Bonchev–Trinajstić information content (AvgIpc) is 2.74. The topological polar surface area (TPSA) is 42.2 Å². The maximum Gasteiger partial charge on any atom is 0.0898 e. The van der Waals surface area contributed by atoms with E-state index in [9.17, 15) is 0 Å². The Morgan fingerprint density at radius 2 is 2.41 bits per heavy atom. The van der Waals surface area contributed by atoms with Crippen molar-refractivity contribution in [3.63, 3.8) is 0 Å². The molecule has 1 aromatic rings. The summed E-state index contributed by atoms with van der Waals surface area (Å²) >= 11 is 1.74. The van der Waals surface area contributed by atoms with Crippen LogP contribution in [-0.4, -0.2) is 29.0 Å². The van der Waals surface area contributed by atoms with Crippen molar-refractivity contribution in [2.24, 2.45) is 11.7 Å². The van der Waals surface area contributed by atoms with E-state index < -0.39 is 0 Å². The standard InChI is InChI=1S/C13H23N3S/c1-9-5-4-6-16(13(9)7-14)10(2)12-8-17-11(3)15-12/h8-10,13H,4-7,14H2,1-3H3. The fourth-order valence-corrected chi connectivity index (χ4v) is 3.57. The molecule has 3 unspecified atom stereocenters. The Kier molecular flexibility index (Phi) is 4.17. The van der Waals surface area contributed by atoms with E-state index in [4.69, 9.17) is 5.73 Å². The lowest BCUT2D eigenvalue weighted by Gasteiger charge is -2.42. The first-order chi connectivity index (χ1) is 8.13. The number of nitrogens with two attached hydrogens (primary N) is 1. The fourth-order valence-electron chi connectivity index (χ4n) is 2.87. The van der Waals surface area contributed by atoms with Gasteiger partial charge in [0, 0.05) is 18.0 Å². The summed E-state index contributed by atoms with van der Waals surface area (Å²) in [6, 6.07) is 0.914. The van der Waals surface area contributed by atoms with Crippen LogP contribution in [0.2, 0.25) is 0 Å². The van der Waals surface area contributed by atoms with Crippen molar-refractivity contribution in [1.82, 2.24) is 9.88 Å². The number of hydrogen-bond acceptors (Lipinski definition) is 4. The Bertz CT molecular complexity index is 363. The van der Waals surface area contributed by atoms with Crippen molar-refractivity contribution >= 4 is 11.3 Å². The summed E-state index contributed by atoms with van der Waals surface area (Å²) < 4.78 is 0. The summed E-state index contributed by atoms with van der Waals surface area (Å²) in [4.78, 5) is 7.16. The van der Waals surface area contributed by atoms with Crippen LogP contribution in [0.3, 0.4) is 0 Å². The van der Waals surface area contributed by atoms with Crippen LogP contribution < -0.4 is 5.73 Å².